The van der Waals surface area contributed by atoms with Gasteiger partial charge in [0, 0.05) is 45.0 Å². The van der Waals surface area contributed by atoms with Crippen LogP contribution in [0.1, 0.15) is 6.92 Å². The van der Waals surface area contributed by atoms with Crippen LogP contribution in [-0.2, 0) is 9.59 Å². The number of likely N-dealkylation sites (N-methyl/N-ethyl adjacent to an activating group) is 1. The Morgan fingerprint density at radius 2 is 1.78 bits per heavy atom. The molecule has 0 bridgehead atoms. The minimum absolute atomic E-state index is 0.162. The van der Waals surface area contributed by atoms with E-state index in [9.17, 15) is 14.0 Å². The molecule has 0 aromatic heterocycles. The summed E-state index contributed by atoms with van der Waals surface area (Å²) in [6, 6.07) is 6.23. The molecule has 0 atom stereocenters. The predicted octanol–water partition coefficient (Wildman–Crippen LogP) is 0.315. The highest BCUT2D eigenvalue weighted by Crippen LogP contribution is 2.17. The van der Waals surface area contributed by atoms with Crippen molar-refractivity contribution in [3.8, 4) is 0 Å². The van der Waals surface area contributed by atoms with E-state index in [1.807, 2.05) is 0 Å². The number of nitrogens with zero attached hydrogens (tertiary/aromatic N) is 3. The molecule has 1 aliphatic heterocycles. The zero-order valence-corrected chi connectivity index (χ0v) is 13.2. The quantitative estimate of drug-likeness (QED) is 0.811. The van der Waals surface area contributed by atoms with Crippen molar-refractivity contribution in [3.05, 3.63) is 30.1 Å². The van der Waals surface area contributed by atoms with Crippen molar-refractivity contribution in [1.82, 2.24) is 9.80 Å². The number of benzene rings is 1. The van der Waals surface area contributed by atoms with Gasteiger partial charge in [0.15, 0.2) is 0 Å². The molecule has 2 rings (SSSR count). The minimum Gasteiger partial charge on any atom is -0.395 e. The molecule has 0 saturated carbocycles. The van der Waals surface area contributed by atoms with Crippen LogP contribution in [0.25, 0.3) is 0 Å². The lowest BCUT2D eigenvalue weighted by atomic mass is 10.2. The fraction of sp³-hybridized carbons (Fsp3) is 0.500. The van der Waals surface area contributed by atoms with E-state index in [0.717, 1.165) is 5.69 Å². The first kappa shape index (κ1) is 17.2. The molecule has 1 aromatic carbocycles. The number of carbonyl (C=O) groups is 2. The number of rotatable bonds is 4. The first-order valence-corrected chi connectivity index (χ1v) is 7.76. The fourth-order valence-electron chi connectivity index (χ4n) is 2.61. The van der Waals surface area contributed by atoms with Gasteiger partial charge in [-0.15, -0.1) is 0 Å². The van der Waals surface area contributed by atoms with Crippen molar-refractivity contribution in [2.24, 2.45) is 0 Å². The summed E-state index contributed by atoms with van der Waals surface area (Å²) >= 11 is 0. The van der Waals surface area contributed by atoms with Crippen molar-refractivity contribution in [2.75, 3.05) is 50.8 Å². The van der Waals surface area contributed by atoms with Gasteiger partial charge in [-0.3, -0.25) is 9.59 Å². The van der Waals surface area contributed by atoms with Crippen LogP contribution in [0.4, 0.5) is 10.1 Å². The van der Waals surface area contributed by atoms with Gasteiger partial charge in [0.25, 0.3) is 0 Å². The Hall–Kier alpha value is -2.15. The molecule has 23 heavy (non-hydrogen) atoms. The van der Waals surface area contributed by atoms with Crippen LogP contribution in [0.15, 0.2) is 24.3 Å². The van der Waals surface area contributed by atoms with E-state index in [-0.39, 0.29) is 19.0 Å². The maximum Gasteiger partial charge on any atom is 0.312 e. The average molecular weight is 323 g/mol. The van der Waals surface area contributed by atoms with Crippen LogP contribution in [0.3, 0.4) is 0 Å². The third-order valence-electron chi connectivity index (χ3n) is 3.98. The second-order valence-electron chi connectivity index (χ2n) is 5.36. The molecule has 1 heterocycles. The number of hydrogen-bond donors (Lipinski definition) is 1. The van der Waals surface area contributed by atoms with Gasteiger partial charge in [-0.1, -0.05) is 0 Å². The number of amides is 2. The van der Waals surface area contributed by atoms with Crippen LogP contribution >= 0.6 is 0 Å². The maximum absolute atomic E-state index is 13.0. The molecule has 1 fully saturated rings. The van der Waals surface area contributed by atoms with Crippen LogP contribution in [0.5, 0.6) is 0 Å². The highest BCUT2D eigenvalue weighted by Gasteiger charge is 2.28. The third kappa shape index (κ3) is 4.19. The van der Waals surface area contributed by atoms with E-state index in [1.54, 1.807) is 19.1 Å². The lowest BCUT2D eigenvalue weighted by Crippen LogP contribution is -2.53. The van der Waals surface area contributed by atoms with E-state index in [1.165, 1.54) is 21.9 Å². The third-order valence-corrected chi connectivity index (χ3v) is 3.98. The second-order valence-corrected chi connectivity index (χ2v) is 5.36. The van der Waals surface area contributed by atoms with Crippen molar-refractivity contribution in [2.45, 2.75) is 6.92 Å². The molecule has 1 N–H and O–H groups in total. The second kappa shape index (κ2) is 7.92. The van der Waals surface area contributed by atoms with E-state index >= 15 is 0 Å². The summed E-state index contributed by atoms with van der Waals surface area (Å²) in [6.07, 6.45) is 0. The van der Waals surface area contributed by atoms with Gasteiger partial charge < -0.3 is 19.8 Å². The van der Waals surface area contributed by atoms with Gasteiger partial charge in [0.2, 0.25) is 0 Å². The molecule has 7 heteroatoms. The summed E-state index contributed by atoms with van der Waals surface area (Å²) in [7, 11) is 0. The van der Waals surface area contributed by atoms with Crippen molar-refractivity contribution >= 4 is 17.5 Å². The minimum atomic E-state index is -0.572. The topological polar surface area (TPSA) is 64.1 Å². The summed E-state index contributed by atoms with van der Waals surface area (Å²) in [4.78, 5) is 29.3. The molecule has 0 spiro atoms. The average Bonchev–Trinajstić information content (AvgIpc) is 2.59. The molecule has 0 unspecified atom stereocenters. The van der Waals surface area contributed by atoms with E-state index in [4.69, 9.17) is 5.11 Å². The van der Waals surface area contributed by atoms with Crippen LogP contribution < -0.4 is 4.90 Å². The number of aliphatic hydroxyl groups excluding tert-OH is 1. The smallest absolute Gasteiger partial charge is 0.312 e. The highest BCUT2D eigenvalue weighted by molar-refractivity contribution is 6.34. The first-order chi connectivity index (χ1) is 11.1. The summed E-state index contributed by atoms with van der Waals surface area (Å²) < 4.78 is 13.0. The normalized spacial score (nSPS) is 14.7. The van der Waals surface area contributed by atoms with Gasteiger partial charge in [-0.05, 0) is 31.2 Å². The van der Waals surface area contributed by atoms with E-state index in [0.29, 0.717) is 32.7 Å². The Labute approximate surface area is 135 Å². The molecule has 126 valence electrons. The van der Waals surface area contributed by atoms with E-state index in [2.05, 4.69) is 4.90 Å². The fourth-order valence-corrected chi connectivity index (χ4v) is 2.61. The van der Waals surface area contributed by atoms with Crippen LogP contribution in [0.2, 0.25) is 0 Å². The van der Waals surface area contributed by atoms with Gasteiger partial charge in [0.05, 0.1) is 6.61 Å². The summed E-state index contributed by atoms with van der Waals surface area (Å²) in [5.41, 5.74) is 0.903. The number of halogens is 1. The van der Waals surface area contributed by atoms with Crippen LogP contribution in [-0.4, -0.2) is 72.6 Å². The molecular formula is C16H22FN3O3. The highest BCUT2D eigenvalue weighted by atomic mass is 19.1. The van der Waals surface area contributed by atoms with Crippen LogP contribution in [0, 0.1) is 5.82 Å². The lowest BCUT2D eigenvalue weighted by Gasteiger charge is -2.36. The standard InChI is InChI=1S/C16H22FN3O3/c1-2-18(11-12-21)15(22)16(23)20-9-7-19(8-10-20)14-5-3-13(17)4-6-14/h3-6,21H,2,7-12H2,1H3. The Morgan fingerprint density at radius 1 is 1.17 bits per heavy atom. The molecule has 1 aliphatic rings. The molecule has 2 amide bonds. The number of aliphatic hydroxyl groups is 1. The molecular weight excluding hydrogens is 301 g/mol. The summed E-state index contributed by atoms with van der Waals surface area (Å²) in [5, 5.41) is 8.94. The largest absolute Gasteiger partial charge is 0.395 e. The molecule has 0 aliphatic carbocycles. The molecule has 0 radical (unpaired) electrons. The van der Waals surface area contributed by atoms with Gasteiger partial charge in [-0.2, -0.15) is 0 Å². The SMILES string of the molecule is CCN(CCO)C(=O)C(=O)N1CCN(c2ccc(F)cc2)CC1. The molecule has 1 saturated heterocycles. The van der Waals surface area contributed by atoms with Gasteiger partial charge in [0.1, 0.15) is 5.82 Å². The zero-order chi connectivity index (χ0) is 16.8. The summed E-state index contributed by atoms with van der Waals surface area (Å²) in [5.74, 6) is -1.38. The van der Waals surface area contributed by atoms with Crippen molar-refractivity contribution in [1.29, 1.82) is 0 Å². The first-order valence-electron chi connectivity index (χ1n) is 7.76. The maximum atomic E-state index is 13.0. The Kier molecular flexibility index (Phi) is 5.92. The molecule has 1 aromatic rings. The van der Waals surface area contributed by atoms with E-state index < -0.39 is 11.8 Å². The van der Waals surface area contributed by atoms with Crippen molar-refractivity contribution in [3.63, 3.8) is 0 Å². The number of piperazine rings is 1. The van der Waals surface area contributed by atoms with Gasteiger partial charge >= 0.3 is 11.8 Å². The Morgan fingerprint density at radius 3 is 2.30 bits per heavy atom. The Bertz CT molecular complexity index is 542. The lowest BCUT2D eigenvalue weighted by molar-refractivity contribution is -0.152. The van der Waals surface area contributed by atoms with Gasteiger partial charge in [-0.25, -0.2) is 4.39 Å². The predicted molar refractivity (Wildman–Crippen MR) is 84.5 cm³/mol. The molecule has 6 nitrogen and oxygen atoms in total. The number of anilines is 1. The Balaban J connectivity index is 1.91. The van der Waals surface area contributed by atoms with Crippen molar-refractivity contribution < 1.29 is 19.1 Å². The number of carbonyl (C=O) groups excluding carboxylic acids is 2. The zero-order valence-electron chi connectivity index (χ0n) is 13.2. The monoisotopic (exact) mass is 323 g/mol. The summed E-state index contributed by atoms with van der Waals surface area (Å²) in [6.45, 7) is 4.24. The number of hydrogen-bond acceptors (Lipinski definition) is 4.